The molecule has 118 valence electrons. The third-order valence-corrected chi connectivity index (χ3v) is 4.73. The molecule has 3 aromatic rings. The molecule has 3 rings (SSSR count). The van der Waals surface area contributed by atoms with Crippen molar-refractivity contribution in [2.24, 2.45) is 5.10 Å². The lowest BCUT2D eigenvalue weighted by molar-refractivity contribution is 0.340. The van der Waals surface area contributed by atoms with Crippen LogP contribution < -0.4 is 10.3 Å². The van der Waals surface area contributed by atoms with Gasteiger partial charge in [0.25, 0.3) is 5.56 Å². The lowest BCUT2D eigenvalue weighted by atomic mass is 10.2. The highest BCUT2D eigenvalue weighted by Crippen LogP contribution is 2.25. The molecule has 5 nitrogen and oxygen atoms in total. The summed E-state index contributed by atoms with van der Waals surface area (Å²) in [7, 11) is 0. The van der Waals surface area contributed by atoms with E-state index in [1.807, 2.05) is 45.0 Å². The number of hydrogen-bond acceptors (Lipinski definition) is 5. The van der Waals surface area contributed by atoms with E-state index in [9.17, 15) is 4.79 Å². The molecular weight excluding hydrogens is 310 g/mol. The third kappa shape index (κ3) is 2.90. The van der Waals surface area contributed by atoms with Gasteiger partial charge in [-0.15, -0.1) is 11.3 Å². The fourth-order valence-corrected chi connectivity index (χ4v) is 3.29. The molecule has 0 saturated carbocycles. The monoisotopic (exact) mass is 327 g/mol. The Hall–Kier alpha value is -2.47. The van der Waals surface area contributed by atoms with Gasteiger partial charge in [0.2, 0.25) is 0 Å². The van der Waals surface area contributed by atoms with Gasteiger partial charge in [-0.3, -0.25) is 4.79 Å². The zero-order valence-corrected chi connectivity index (χ0v) is 14.1. The Morgan fingerprint density at radius 1 is 1.35 bits per heavy atom. The van der Waals surface area contributed by atoms with E-state index in [0.717, 1.165) is 26.6 Å². The van der Waals surface area contributed by atoms with Crippen molar-refractivity contribution in [1.82, 2.24) is 9.66 Å². The van der Waals surface area contributed by atoms with Crippen molar-refractivity contribution in [3.8, 4) is 5.75 Å². The number of ether oxygens (including phenoxy) is 1. The fraction of sp³-hybridized carbons (Fsp3) is 0.235. The summed E-state index contributed by atoms with van der Waals surface area (Å²) >= 11 is 1.53. The van der Waals surface area contributed by atoms with Crippen LogP contribution in [0.2, 0.25) is 0 Å². The molecule has 23 heavy (non-hydrogen) atoms. The molecule has 0 amide bonds. The second-order valence-electron chi connectivity index (χ2n) is 5.07. The van der Waals surface area contributed by atoms with Crippen LogP contribution in [0.4, 0.5) is 0 Å². The van der Waals surface area contributed by atoms with E-state index in [-0.39, 0.29) is 5.56 Å². The van der Waals surface area contributed by atoms with Crippen LogP contribution in [0.5, 0.6) is 5.75 Å². The van der Waals surface area contributed by atoms with Crippen molar-refractivity contribution in [3.63, 3.8) is 0 Å². The Balaban J connectivity index is 2.04. The maximum absolute atomic E-state index is 12.6. The van der Waals surface area contributed by atoms with Gasteiger partial charge in [0, 0.05) is 10.4 Å². The summed E-state index contributed by atoms with van der Waals surface area (Å²) < 4.78 is 6.82. The van der Waals surface area contributed by atoms with Crippen LogP contribution in [0.1, 0.15) is 22.9 Å². The molecule has 0 saturated heterocycles. The quantitative estimate of drug-likeness (QED) is 0.691. The molecule has 0 aliphatic carbocycles. The van der Waals surface area contributed by atoms with Crippen LogP contribution in [0.15, 0.2) is 40.5 Å². The fourth-order valence-electron chi connectivity index (χ4n) is 2.31. The van der Waals surface area contributed by atoms with Gasteiger partial charge >= 0.3 is 0 Å². The van der Waals surface area contributed by atoms with E-state index < -0.39 is 0 Å². The van der Waals surface area contributed by atoms with E-state index in [4.69, 9.17) is 4.74 Å². The smallest absolute Gasteiger partial charge is 0.282 e. The molecule has 0 radical (unpaired) electrons. The largest absolute Gasteiger partial charge is 0.493 e. The van der Waals surface area contributed by atoms with Gasteiger partial charge in [-0.25, -0.2) is 4.98 Å². The Labute approximate surface area is 137 Å². The van der Waals surface area contributed by atoms with Gasteiger partial charge in [-0.2, -0.15) is 9.78 Å². The molecule has 6 heteroatoms. The first kappa shape index (κ1) is 15.4. The summed E-state index contributed by atoms with van der Waals surface area (Å²) in [6, 6.07) is 7.58. The number of nitrogens with zero attached hydrogens (tertiary/aromatic N) is 3. The lowest BCUT2D eigenvalue weighted by Crippen LogP contribution is -2.17. The minimum Gasteiger partial charge on any atom is -0.493 e. The Bertz CT molecular complexity index is 941. The number of benzene rings is 1. The van der Waals surface area contributed by atoms with Crippen molar-refractivity contribution < 1.29 is 4.74 Å². The Morgan fingerprint density at radius 2 is 2.13 bits per heavy atom. The van der Waals surface area contributed by atoms with Crippen LogP contribution >= 0.6 is 11.3 Å². The molecule has 0 N–H and O–H groups in total. The molecule has 0 spiro atoms. The summed E-state index contributed by atoms with van der Waals surface area (Å²) in [5.74, 6) is 0.739. The Kier molecular flexibility index (Phi) is 4.25. The predicted molar refractivity (Wildman–Crippen MR) is 94.0 cm³/mol. The molecule has 0 atom stereocenters. The van der Waals surface area contributed by atoms with Gasteiger partial charge in [-0.1, -0.05) is 12.1 Å². The van der Waals surface area contributed by atoms with Gasteiger partial charge in [0.15, 0.2) is 0 Å². The van der Waals surface area contributed by atoms with Gasteiger partial charge in [-0.05, 0) is 38.5 Å². The van der Waals surface area contributed by atoms with E-state index in [1.165, 1.54) is 22.3 Å². The molecule has 0 aliphatic heterocycles. The minimum atomic E-state index is -0.151. The second kappa shape index (κ2) is 6.34. The van der Waals surface area contributed by atoms with E-state index >= 15 is 0 Å². The number of para-hydroxylation sites is 1. The number of fused-ring (bicyclic) bond motifs is 1. The summed E-state index contributed by atoms with van der Waals surface area (Å²) in [5, 5.41) is 4.90. The molecule has 2 heterocycles. The van der Waals surface area contributed by atoms with Crippen LogP contribution in [0.3, 0.4) is 0 Å². The summed E-state index contributed by atoms with van der Waals surface area (Å²) in [4.78, 5) is 18.8. The SMILES string of the molecule is CCOc1ccccc1C=Nn1cnc2sc(C)c(C)c2c1=O. The zero-order valence-electron chi connectivity index (χ0n) is 13.2. The van der Waals surface area contributed by atoms with Crippen molar-refractivity contribution in [2.45, 2.75) is 20.8 Å². The maximum Gasteiger partial charge on any atom is 0.282 e. The first-order valence-corrected chi connectivity index (χ1v) is 8.17. The van der Waals surface area contributed by atoms with Gasteiger partial charge < -0.3 is 4.74 Å². The highest BCUT2D eigenvalue weighted by atomic mass is 32.1. The highest BCUT2D eigenvalue weighted by molar-refractivity contribution is 7.18. The normalized spacial score (nSPS) is 11.4. The van der Waals surface area contributed by atoms with Gasteiger partial charge in [0.05, 0.1) is 18.2 Å². The highest BCUT2D eigenvalue weighted by Gasteiger charge is 2.11. The van der Waals surface area contributed by atoms with E-state index in [0.29, 0.717) is 12.0 Å². The van der Waals surface area contributed by atoms with Crippen molar-refractivity contribution in [1.29, 1.82) is 0 Å². The first-order valence-electron chi connectivity index (χ1n) is 7.35. The Morgan fingerprint density at radius 3 is 2.91 bits per heavy atom. The second-order valence-corrected chi connectivity index (χ2v) is 6.28. The standard InChI is InChI=1S/C17H17N3O2S/c1-4-22-14-8-6-5-7-13(14)9-19-20-10-18-16-15(17(20)21)11(2)12(3)23-16/h5-10H,4H2,1-3H3. The molecule has 0 unspecified atom stereocenters. The zero-order chi connectivity index (χ0) is 16.4. The minimum absolute atomic E-state index is 0.151. The molecular formula is C17H17N3O2S. The van der Waals surface area contributed by atoms with E-state index in [1.54, 1.807) is 6.21 Å². The summed E-state index contributed by atoms with van der Waals surface area (Å²) in [6.07, 6.45) is 3.08. The summed E-state index contributed by atoms with van der Waals surface area (Å²) in [5.41, 5.74) is 1.64. The van der Waals surface area contributed by atoms with Crippen LogP contribution in [0, 0.1) is 13.8 Å². The average molecular weight is 327 g/mol. The van der Waals surface area contributed by atoms with Crippen LogP contribution in [-0.2, 0) is 0 Å². The van der Waals surface area contributed by atoms with Crippen LogP contribution in [-0.4, -0.2) is 22.5 Å². The molecule has 1 aromatic carbocycles. The number of aryl methyl sites for hydroxylation is 2. The molecule has 2 aromatic heterocycles. The maximum atomic E-state index is 12.6. The van der Waals surface area contributed by atoms with Crippen molar-refractivity contribution in [3.05, 3.63) is 57.0 Å². The topological polar surface area (TPSA) is 56.5 Å². The van der Waals surface area contributed by atoms with Crippen molar-refractivity contribution >= 4 is 27.8 Å². The van der Waals surface area contributed by atoms with Crippen molar-refractivity contribution in [2.75, 3.05) is 6.61 Å². The third-order valence-electron chi connectivity index (χ3n) is 3.61. The molecule has 0 bridgehead atoms. The summed E-state index contributed by atoms with van der Waals surface area (Å²) in [6.45, 7) is 6.44. The lowest BCUT2D eigenvalue weighted by Gasteiger charge is -2.05. The number of rotatable bonds is 4. The number of thiophene rings is 1. The van der Waals surface area contributed by atoms with Gasteiger partial charge in [0.1, 0.15) is 16.9 Å². The predicted octanol–water partition coefficient (Wildman–Crippen LogP) is 3.36. The first-order chi connectivity index (χ1) is 11.1. The average Bonchev–Trinajstić information content (AvgIpc) is 2.84. The molecule has 0 fully saturated rings. The van der Waals surface area contributed by atoms with Crippen LogP contribution in [0.25, 0.3) is 10.2 Å². The number of aromatic nitrogens is 2. The van der Waals surface area contributed by atoms with E-state index in [2.05, 4.69) is 10.1 Å². The molecule has 0 aliphatic rings. The number of hydrogen-bond donors (Lipinski definition) is 0.